The smallest absolute Gasteiger partial charge is 0.330 e. The van der Waals surface area contributed by atoms with Gasteiger partial charge in [-0.25, -0.2) is 4.79 Å². The molecule has 0 radical (unpaired) electrons. The van der Waals surface area contributed by atoms with Gasteiger partial charge in [-0.2, -0.15) is 0 Å². The molecule has 1 amide bonds. The van der Waals surface area contributed by atoms with Gasteiger partial charge in [0.2, 0.25) is 5.91 Å². The molecule has 5 nitrogen and oxygen atoms in total. The van der Waals surface area contributed by atoms with Crippen LogP contribution in [0.2, 0.25) is 0 Å². The number of hydrogen-bond donors (Lipinski definition) is 1. The van der Waals surface area contributed by atoms with Crippen LogP contribution >= 0.6 is 0 Å². The van der Waals surface area contributed by atoms with E-state index in [4.69, 9.17) is 4.74 Å². The number of ether oxygens (including phenoxy) is 2. The Kier molecular flexibility index (Phi) is 6.84. The summed E-state index contributed by atoms with van der Waals surface area (Å²) < 4.78 is 10.4. The monoisotopic (exact) mass is 271 g/mol. The lowest BCUT2D eigenvalue weighted by Gasteiger charge is -2.29. The van der Waals surface area contributed by atoms with E-state index in [1.165, 1.54) is 33.3 Å². The van der Waals surface area contributed by atoms with Crippen molar-refractivity contribution in [2.45, 2.75) is 58.1 Å². The molecule has 110 valence electrons. The predicted molar refractivity (Wildman–Crippen MR) is 71.6 cm³/mol. The summed E-state index contributed by atoms with van der Waals surface area (Å²) in [5, 5.41) is 2.56. The fourth-order valence-corrected chi connectivity index (χ4v) is 2.55. The minimum atomic E-state index is -0.704. The molecule has 0 aliphatic heterocycles. The van der Waals surface area contributed by atoms with E-state index in [2.05, 4.69) is 17.0 Å². The SMILES string of the molecule is CCC1CCCC(OCC(NC(C)=O)C(=O)OC)C1. The van der Waals surface area contributed by atoms with E-state index in [9.17, 15) is 9.59 Å². The van der Waals surface area contributed by atoms with Gasteiger partial charge in [-0.3, -0.25) is 4.79 Å². The van der Waals surface area contributed by atoms with Gasteiger partial charge in [0, 0.05) is 6.92 Å². The summed E-state index contributed by atoms with van der Waals surface area (Å²) in [5.41, 5.74) is 0. The molecule has 3 unspecified atom stereocenters. The van der Waals surface area contributed by atoms with Crippen molar-refractivity contribution in [1.29, 1.82) is 0 Å². The number of esters is 1. The van der Waals surface area contributed by atoms with Crippen molar-refractivity contribution in [2.75, 3.05) is 13.7 Å². The second kappa shape index (κ2) is 8.15. The first-order valence-electron chi connectivity index (χ1n) is 7.03. The third-order valence-corrected chi connectivity index (χ3v) is 3.67. The first-order valence-corrected chi connectivity index (χ1v) is 7.03. The van der Waals surface area contributed by atoms with Crippen molar-refractivity contribution in [3.8, 4) is 0 Å². The Morgan fingerprint density at radius 2 is 2.11 bits per heavy atom. The van der Waals surface area contributed by atoms with Gasteiger partial charge in [-0.15, -0.1) is 0 Å². The van der Waals surface area contributed by atoms with E-state index in [1.54, 1.807) is 0 Å². The van der Waals surface area contributed by atoms with E-state index in [0.717, 1.165) is 18.8 Å². The van der Waals surface area contributed by atoms with E-state index >= 15 is 0 Å². The Balaban J connectivity index is 2.42. The normalized spacial score (nSPS) is 24.6. The molecule has 1 rings (SSSR count). The maximum absolute atomic E-state index is 11.5. The molecule has 1 fully saturated rings. The molecule has 0 aromatic rings. The van der Waals surface area contributed by atoms with Crippen LogP contribution in [0, 0.1) is 5.92 Å². The molecule has 19 heavy (non-hydrogen) atoms. The van der Waals surface area contributed by atoms with Crippen LogP contribution in [0.4, 0.5) is 0 Å². The van der Waals surface area contributed by atoms with Gasteiger partial charge < -0.3 is 14.8 Å². The van der Waals surface area contributed by atoms with E-state index in [-0.39, 0.29) is 18.6 Å². The zero-order valence-corrected chi connectivity index (χ0v) is 12.1. The quantitative estimate of drug-likeness (QED) is 0.746. The second-order valence-corrected chi connectivity index (χ2v) is 5.17. The Morgan fingerprint density at radius 3 is 2.68 bits per heavy atom. The number of methoxy groups -OCH3 is 1. The summed E-state index contributed by atoms with van der Waals surface area (Å²) in [6, 6.07) is -0.704. The van der Waals surface area contributed by atoms with Crippen LogP contribution in [0.1, 0.15) is 46.0 Å². The first kappa shape index (κ1) is 16.0. The number of nitrogens with one attached hydrogen (secondary N) is 1. The maximum Gasteiger partial charge on any atom is 0.330 e. The van der Waals surface area contributed by atoms with Crippen molar-refractivity contribution in [1.82, 2.24) is 5.32 Å². The van der Waals surface area contributed by atoms with Gasteiger partial charge in [-0.05, 0) is 18.8 Å². The average molecular weight is 271 g/mol. The van der Waals surface area contributed by atoms with Crippen LogP contribution in [-0.2, 0) is 19.1 Å². The van der Waals surface area contributed by atoms with Gasteiger partial charge in [-0.1, -0.05) is 26.2 Å². The molecule has 0 spiro atoms. The summed E-state index contributed by atoms with van der Waals surface area (Å²) in [7, 11) is 1.31. The molecule has 0 aromatic carbocycles. The molecular formula is C14H25NO4. The zero-order chi connectivity index (χ0) is 14.3. The summed E-state index contributed by atoms with van der Waals surface area (Å²) in [6.07, 6.45) is 5.88. The molecule has 5 heteroatoms. The molecular weight excluding hydrogens is 246 g/mol. The Morgan fingerprint density at radius 1 is 1.37 bits per heavy atom. The van der Waals surface area contributed by atoms with Crippen LogP contribution < -0.4 is 5.32 Å². The Bertz CT molecular complexity index is 306. The van der Waals surface area contributed by atoms with Crippen molar-refractivity contribution in [3.05, 3.63) is 0 Å². The molecule has 0 aromatic heterocycles. The third kappa shape index (κ3) is 5.59. The van der Waals surface area contributed by atoms with Gasteiger partial charge in [0.05, 0.1) is 19.8 Å². The van der Waals surface area contributed by atoms with Crippen molar-refractivity contribution < 1.29 is 19.1 Å². The summed E-state index contributed by atoms with van der Waals surface area (Å²) >= 11 is 0. The highest BCUT2D eigenvalue weighted by Crippen LogP contribution is 2.28. The molecule has 1 aliphatic rings. The molecule has 3 atom stereocenters. The number of carbonyl (C=O) groups is 2. The zero-order valence-electron chi connectivity index (χ0n) is 12.1. The van der Waals surface area contributed by atoms with E-state index in [1.807, 2.05) is 0 Å². The second-order valence-electron chi connectivity index (χ2n) is 5.17. The Labute approximate surface area is 115 Å². The predicted octanol–water partition coefficient (Wildman–Crippen LogP) is 1.65. The fourth-order valence-electron chi connectivity index (χ4n) is 2.55. The third-order valence-electron chi connectivity index (χ3n) is 3.67. The van der Waals surface area contributed by atoms with Crippen LogP contribution in [0.25, 0.3) is 0 Å². The highest BCUT2D eigenvalue weighted by molar-refractivity contribution is 5.83. The highest BCUT2D eigenvalue weighted by Gasteiger charge is 2.25. The van der Waals surface area contributed by atoms with Crippen LogP contribution in [0.5, 0.6) is 0 Å². The lowest BCUT2D eigenvalue weighted by molar-refractivity contribution is -0.147. The lowest BCUT2D eigenvalue weighted by Crippen LogP contribution is -2.44. The van der Waals surface area contributed by atoms with Crippen molar-refractivity contribution in [2.24, 2.45) is 5.92 Å². The van der Waals surface area contributed by atoms with Gasteiger partial charge >= 0.3 is 5.97 Å². The fraction of sp³-hybridized carbons (Fsp3) is 0.857. The minimum absolute atomic E-state index is 0.188. The number of carbonyl (C=O) groups excluding carboxylic acids is 2. The van der Waals surface area contributed by atoms with Crippen LogP contribution in [0.15, 0.2) is 0 Å². The highest BCUT2D eigenvalue weighted by atomic mass is 16.5. The summed E-state index contributed by atoms with van der Waals surface area (Å²) in [6.45, 7) is 3.76. The standard InChI is InChI=1S/C14H25NO4/c1-4-11-6-5-7-12(8-11)19-9-13(14(17)18-3)15-10(2)16/h11-13H,4-9H2,1-3H3,(H,15,16). The molecule has 0 saturated heterocycles. The van der Waals surface area contributed by atoms with Crippen LogP contribution in [-0.4, -0.2) is 37.7 Å². The molecule has 0 heterocycles. The molecule has 1 aliphatic carbocycles. The summed E-state index contributed by atoms with van der Waals surface area (Å²) in [4.78, 5) is 22.6. The van der Waals surface area contributed by atoms with Crippen molar-refractivity contribution in [3.63, 3.8) is 0 Å². The van der Waals surface area contributed by atoms with E-state index < -0.39 is 12.0 Å². The Hall–Kier alpha value is -1.10. The van der Waals surface area contributed by atoms with Gasteiger partial charge in [0.1, 0.15) is 0 Å². The molecule has 0 bridgehead atoms. The molecule has 1 saturated carbocycles. The molecule has 1 N–H and O–H groups in total. The number of amides is 1. The lowest BCUT2D eigenvalue weighted by atomic mass is 9.85. The van der Waals surface area contributed by atoms with E-state index in [0.29, 0.717) is 0 Å². The van der Waals surface area contributed by atoms with Gasteiger partial charge in [0.15, 0.2) is 6.04 Å². The maximum atomic E-state index is 11.5. The average Bonchev–Trinajstić information content (AvgIpc) is 2.42. The summed E-state index contributed by atoms with van der Waals surface area (Å²) in [5.74, 6) is 0.00298. The minimum Gasteiger partial charge on any atom is -0.467 e. The topological polar surface area (TPSA) is 64.6 Å². The first-order chi connectivity index (χ1) is 9.06. The van der Waals surface area contributed by atoms with Crippen molar-refractivity contribution >= 4 is 11.9 Å². The van der Waals surface area contributed by atoms with Gasteiger partial charge in [0.25, 0.3) is 0 Å². The number of hydrogen-bond acceptors (Lipinski definition) is 4. The largest absolute Gasteiger partial charge is 0.467 e. The van der Waals surface area contributed by atoms with Crippen LogP contribution in [0.3, 0.4) is 0 Å². The number of rotatable bonds is 6.